The van der Waals surface area contributed by atoms with E-state index in [2.05, 4.69) is 15.9 Å². The maximum absolute atomic E-state index is 12.9. The molecule has 1 nitrogen and oxygen atoms in total. The van der Waals surface area contributed by atoms with Gasteiger partial charge in [0.1, 0.15) is 0 Å². The number of nitrogen functional groups attached to an aromatic ring is 1. The van der Waals surface area contributed by atoms with E-state index >= 15 is 0 Å². The van der Waals surface area contributed by atoms with Crippen LogP contribution in [0.4, 0.5) is 18.9 Å². The molecule has 0 amide bonds. The highest BCUT2D eigenvalue weighted by atomic mass is 79.9. The SMILES string of the molecule is Nc1ccccc1Sc1cc(Br)ccc1C(F)(F)F. The molecule has 2 aromatic carbocycles. The normalized spacial score (nSPS) is 11.6. The molecule has 0 unspecified atom stereocenters. The molecule has 0 saturated carbocycles. The summed E-state index contributed by atoms with van der Waals surface area (Å²) < 4.78 is 39.4. The Morgan fingerprint density at radius 1 is 1.00 bits per heavy atom. The maximum Gasteiger partial charge on any atom is 0.417 e. The van der Waals surface area contributed by atoms with E-state index < -0.39 is 11.7 Å². The van der Waals surface area contributed by atoms with Crippen molar-refractivity contribution in [3.05, 3.63) is 52.5 Å². The van der Waals surface area contributed by atoms with Gasteiger partial charge >= 0.3 is 6.18 Å². The predicted octanol–water partition coefficient (Wildman–Crippen LogP) is 5.20. The molecule has 0 atom stereocenters. The molecule has 0 aliphatic heterocycles. The van der Waals surface area contributed by atoms with Gasteiger partial charge in [-0.25, -0.2) is 0 Å². The fourth-order valence-electron chi connectivity index (χ4n) is 1.51. The lowest BCUT2D eigenvalue weighted by Gasteiger charge is -2.13. The molecule has 0 fully saturated rings. The van der Waals surface area contributed by atoms with Crippen molar-refractivity contribution >= 4 is 33.4 Å². The second kappa shape index (κ2) is 5.46. The zero-order chi connectivity index (χ0) is 14.0. The van der Waals surface area contributed by atoms with Crippen molar-refractivity contribution in [1.29, 1.82) is 0 Å². The molecular weight excluding hydrogens is 339 g/mol. The monoisotopic (exact) mass is 347 g/mol. The van der Waals surface area contributed by atoms with E-state index in [4.69, 9.17) is 5.73 Å². The Hall–Kier alpha value is -1.14. The van der Waals surface area contributed by atoms with E-state index in [0.29, 0.717) is 15.1 Å². The van der Waals surface area contributed by atoms with Crippen molar-refractivity contribution in [2.75, 3.05) is 5.73 Å². The van der Waals surface area contributed by atoms with Crippen LogP contribution in [-0.2, 0) is 6.18 Å². The molecule has 0 aromatic heterocycles. The average molecular weight is 348 g/mol. The van der Waals surface area contributed by atoms with Crippen molar-refractivity contribution in [3.63, 3.8) is 0 Å². The molecule has 0 bridgehead atoms. The third-order valence-corrected chi connectivity index (χ3v) is 4.03. The van der Waals surface area contributed by atoms with Gasteiger partial charge in [0.25, 0.3) is 0 Å². The van der Waals surface area contributed by atoms with Gasteiger partial charge in [0.05, 0.1) is 5.56 Å². The van der Waals surface area contributed by atoms with Crippen molar-refractivity contribution in [2.24, 2.45) is 0 Å². The zero-order valence-corrected chi connectivity index (χ0v) is 11.9. The summed E-state index contributed by atoms with van der Waals surface area (Å²) in [6.45, 7) is 0. The van der Waals surface area contributed by atoms with Crippen LogP contribution in [0, 0.1) is 0 Å². The highest BCUT2D eigenvalue weighted by molar-refractivity contribution is 9.10. The fourth-order valence-corrected chi connectivity index (χ4v) is 3.07. The number of nitrogens with two attached hydrogens (primary N) is 1. The molecule has 0 spiro atoms. The number of para-hydroxylation sites is 1. The Bertz CT molecular complexity index is 599. The number of halogens is 4. The smallest absolute Gasteiger partial charge is 0.398 e. The lowest BCUT2D eigenvalue weighted by molar-refractivity contribution is -0.139. The molecule has 100 valence electrons. The first-order chi connectivity index (χ1) is 8.88. The van der Waals surface area contributed by atoms with Crippen LogP contribution in [-0.4, -0.2) is 0 Å². The third kappa shape index (κ3) is 3.45. The van der Waals surface area contributed by atoms with Crippen LogP contribution in [0.1, 0.15) is 5.56 Å². The summed E-state index contributed by atoms with van der Waals surface area (Å²) in [5.74, 6) is 0. The summed E-state index contributed by atoms with van der Waals surface area (Å²) in [6, 6.07) is 10.7. The Morgan fingerprint density at radius 3 is 2.32 bits per heavy atom. The molecule has 19 heavy (non-hydrogen) atoms. The Labute approximate surface area is 121 Å². The van der Waals surface area contributed by atoms with Gasteiger partial charge in [-0.3, -0.25) is 0 Å². The molecule has 2 aromatic rings. The molecule has 0 radical (unpaired) electrons. The maximum atomic E-state index is 12.9. The van der Waals surface area contributed by atoms with E-state index in [1.807, 2.05) is 0 Å². The first-order valence-corrected chi connectivity index (χ1v) is 6.88. The van der Waals surface area contributed by atoms with E-state index in [9.17, 15) is 13.2 Å². The van der Waals surface area contributed by atoms with Gasteiger partial charge in [-0.05, 0) is 30.3 Å². The van der Waals surface area contributed by atoms with Gasteiger partial charge in [0.15, 0.2) is 0 Å². The Kier molecular flexibility index (Phi) is 4.10. The van der Waals surface area contributed by atoms with E-state index in [1.165, 1.54) is 12.1 Å². The van der Waals surface area contributed by atoms with E-state index in [0.717, 1.165) is 17.8 Å². The lowest BCUT2D eigenvalue weighted by Crippen LogP contribution is -2.06. The number of hydrogen-bond acceptors (Lipinski definition) is 2. The van der Waals surface area contributed by atoms with Crippen molar-refractivity contribution in [2.45, 2.75) is 16.0 Å². The third-order valence-electron chi connectivity index (χ3n) is 2.39. The van der Waals surface area contributed by atoms with E-state index in [-0.39, 0.29) is 4.90 Å². The molecule has 0 aliphatic carbocycles. The van der Waals surface area contributed by atoms with Crippen LogP contribution < -0.4 is 5.73 Å². The number of rotatable bonds is 2. The largest absolute Gasteiger partial charge is 0.417 e. The fraction of sp³-hybridized carbons (Fsp3) is 0.0769. The topological polar surface area (TPSA) is 26.0 Å². The minimum absolute atomic E-state index is 0.125. The van der Waals surface area contributed by atoms with Crippen molar-refractivity contribution in [3.8, 4) is 0 Å². The van der Waals surface area contributed by atoms with Gasteiger partial charge in [-0.15, -0.1) is 0 Å². The summed E-state index contributed by atoms with van der Waals surface area (Å²) in [6.07, 6.45) is -4.38. The number of benzene rings is 2. The summed E-state index contributed by atoms with van der Waals surface area (Å²) in [5, 5.41) is 0. The van der Waals surface area contributed by atoms with Crippen LogP contribution in [0.5, 0.6) is 0 Å². The zero-order valence-electron chi connectivity index (χ0n) is 9.54. The molecular formula is C13H9BrF3NS. The van der Waals surface area contributed by atoms with Crippen LogP contribution in [0.15, 0.2) is 56.7 Å². The second-order valence-corrected chi connectivity index (χ2v) is 5.78. The summed E-state index contributed by atoms with van der Waals surface area (Å²) in [7, 11) is 0. The second-order valence-electron chi connectivity index (χ2n) is 3.78. The van der Waals surface area contributed by atoms with Gasteiger partial charge in [-0.2, -0.15) is 13.2 Å². The number of anilines is 1. The van der Waals surface area contributed by atoms with Crippen molar-refractivity contribution in [1.82, 2.24) is 0 Å². The van der Waals surface area contributed by atoms with E-state index in [1.54, 1.807) is 24.3 Å². The van der Waals surface area contributed by atoms with Crippen LogP contribution in [0.2, 0.25) is 0 Å². The lowest BCUT2D eigenvalue weighted by atomic mass is 10.2. The van der Waals surface area contributed by atoms with Gasteiger partial charge < -0.3 is 5.73 Å². The standard InChI is InChI=1S/C13H9BrF3NS/c14-8-5-6-9(13(15,16)17)12(7-8)19-11-4-2-1-3-10(11)18/h1-7H,18H2. The molecule has 0 heterocycles. The van der Waals surface area contributed by atoms with Crippen LogP contribution >= 0.6 is 27.7 Å². The molecule has 6 heteroatoms. The Morgan fingerprint density at radius 2 is 1.68 bits per heavy atom. The molecule has 0 aliphatic rings. The van der Waals surface area contributed by atoms with Gasteiger partial charge in [0, 0.05) is 20.0 Å². The van der Waals surface area contributed by atoms with Crippen molar-refractivity contribution < 1.29 is 13.2 Å². The first kappa shape index (κ1) is 14.3. The quantitative estimate of drug-likeness (QED) is 0.755. The summed E-state index contributed by atoms with van der Waals surface area (Å²) >= 11 is 4.19. The van der Waals surface area contributed by atoms with Crippen LogP contribution in [0.3, 0.4) is 0 Å². The number of alkyl halides is 3. The molecule has 0 saturated heterocycles. The number of hydrogen-bond donors (Lipinski definition) is 1. The highest BCUT2D eigenvalue weighted by Crippen LogP contribution is 2.41. The molecule has 2 N–H and O–H groups in total. The predicted molar refractivity (Wildman–Crippen MR) is 74.1 cm³/mol. The minimum Gasteiger partial charge on any atom is -0.398 e. The summed E-state index contributed by atoms with van der Waals surface area (Å²) in [5.41, 5.74) is 5.55. The molecule has 2 rings (SSSR count). The average Bonchev–Trinajstić information content (AvgIpc) is 2.30. The van der Waals surface area contributed by atoms with Crippen LogP contribution in [0.25, 0.3) is 0 Å². The Balaban J connectivity index is 2.45. The minimum atomic E-state index is -4.38. The highest BCUT2D eigenvalue weighted by Gasteiger charge is 2.33. The van der Waals surface area contributed by atoms with Gasteiger partial charge in [0.2, 0.25) is 0 Å². The van der Waals surface area contributed by atoms with Gasteiger partial charge in [-0.1, -0.05) is 39.8 Å². The summed E-state index contributed by atoms with van der Waals surface area (Å²) in [4.78, 5) is 0.728. The first-order valence-electron chi connectivity index (χ1n) is 5.27.